The van der Waals surface area contributed by atoms with Crippen LogP contribution < -0.4 is 5.32 Å². The van der Waals surface area contributed by atoms with E-state index in [-0.39, 0.29) is 0 Å². The molecular weight excluding hydrogens is 240 g/mol. The number of nitrogens with one attached hydrogen (secondary N) is 1. The number of amides is 2. The molecule has 0 saturated carbocycles. The van der Waals surface area contributed by atoms with Crippen molar-refractivity contribution in [3.63, 3.8) is 0 Å². The largest absolute Gasteiger partial charge is 0.480 e. The average molecular weight is 256 g/mol. The standard InChI is InChI=1S/C11H16N2O5/c1-7-8(3-4-18-7)5-13(2)11(17)12-9(6-14)10(15)16/h3-4,9,14H,5-6H2,1-2H3,(H,12,17)(H,15,16)/t9-/m0/s1. The highest BCUT2D eigenvalue weighted by Crippen LogP contribution is 2.10. The zero-order valence-corrected chi connectivity index (χ0v) is 10.2. The molecule has 0 aliphatic carbocycles. The van der Waals surface area contributed by atoms with E-state index in [1.165, 1.54) is 18.2 Å². The molecule has 0 radical (unpaired) electrons. The average Bonchev–Trinajstić information content (AvgIpc) is 2.71. The van der Waals surface area contributed by atoms with Gasteiger partial charge in [-0.25, -0.2) is 9.59 Å². The molecule has 0 aromatic carbocycles. The normalized spacial score (nSPS) is 11.9. The number of furan rings is 1. The van der Waals surface area contributed by atoms with Gasteiger partial charge in [-0.2, -0.15) is 0 Å². The maximum absolute atomic E-state index is 11.7. The first-order valence-electron chi connectivity index (χ1n) is 5.34. The molecule has 0 spiro atoms. The summed E-state index contributed by atoms with van der Waals surface area (Å²) >= 11 is 0. The minimum absolute atomic E-state index is 0.298. The van der Waals surface area contributed by atoms with Crippen molar-refractivity contribution in [2.24, 2.45) is 0 Å². The molecule has 1 aromatic rings. The molecule has 0 bridgehead atoms. The maximum Gasteiger partial charge on any atom is 0.328 e. The predicted octanol–water partition coefficient (Wildman–Crippen LogP) is 0.175. The molecule has 1 heterocycles. The Morgan fingerprint density at radius 3 is 2.67 bits per heavy atom. The highest BCUT2D eigenvalue weighted by atomic mass is 16.4. The number of rotatable bonds is 5. The molecule has 0 aliphatic heterocycles. The third-order valence-electron chi connectivity index (χ3n) is 2.50. The Morgan fingerprint density at radius 1 is 1.56 bits per heavy atom. The second kappa shape index (κ2) is 6.06. The lowest BCUT2D eigenvalue weighted by molar-refractivity contribution is -0.140. The Morgan fingerprint density at radius 2 is 2.22 bits per heavy atom. The highest BCUT2D eigenvalue weighted by molar-refractivity contribution is 5.82. The van der Waals surface area contributed by atoms with Crippen LogP contribution in [0.1, 0.15) is 11.3 Å². The van der Waals surface area contributed by atoms with Crippen LogP contribution in [0, 0.1) is 6.92 Å². The van der Waals surface area contributed by atoms with Gasteiger partial charge in [0, 0.05) is 12.6 Å². The van der Waals surface area contributed by atoms with Gasteiger partial charge in [0.05, 0.1) is 19.4 Å². The van der Waals surface area contributed by atoms with E-state index in [4.69, 9.17) is 14.6 Å². The van der Waals surface area contributed by atoms with Gasteiger partial charge in [-0.05, 0) is 13.0 Å². The molecule has 0 unspecified atom stereocenters. The second-order valence-corrected chi connectivity index (χ2v) is 3.88. The van der Waals surface area contributed by atoms with Crippen LogP contribution in [0.2, 0.25) is 0 Å². The van der Waals surface area contributed by atoms with Crippen LogP contribution in [-0.2, 0) is 11.3 Å². The second-order valence-electron chi connectivity index (χ2n) is 3.88. The fourth-order valence-corrected chi connectivity index (χ4v) is 1.35. The predicted molar refractivity (Wildman–Crippen MR) is 62.0 cm³/mol. The van der Waals surface area contributed by atoms with Gasteiger partial charge in [0.2, 0.25) is 0 Å². The number of aliphatic hydroxyl groups excluding tert-OH is 1. The molecule has 0 aliphatic rings. The summed E-state index contributed by atoms with van der Waals surface area (Å²) in [7, 11) is 1.53. The Balaban J connectivity index is 2.56. The molecule has 7 nitrogen and oxygen atoms in total. The third-order valence-corrected chi connectivity index (χ3v) is 2.50. The summed E-state index contributed by atoms with van der Waals surface area (Å²) in [6.07, 6.45) is 1.52. The van der Waals surface area contributed by atoms with Crippen LogP contribution in [0.3, 0.4) is 0 Å². The van der Waals surface area contributed by atoms with Crippen LogP contribution in [0.5, 0.6) is 0 Å². The monoisotopic (exact) mass is 256 g/mol. The van der Waals surface area contributed by atoms with Crippen molar-refractivity contribution in [1.82, 2.24) is 10.2 Å². The number of urea groups is 1. The Bertz CT molecular complexity index is 429. The summed E-state index contributed by atoms with van der Waals surface area (Å²) in [5, 5.41) is 19.7. The number of nitrogens with zero attached hydrogens (tertiary/aromatic N) is 1. The van der Waals surface area contributed by atoms with Gasteiger partial charge in [-0.15, -0.1) is 0 Å². The summed E-state index contributed by atoms with van der Waals surface area (Å²) in [6.45, 7) is 1.42. The van der Waals surface area contributed by atoms with E-state index < -0.39 is 24.6 Å². The van der Waals surface area contributed by atoms with Gasteiger partial charge in [-0.1, -0.05) is 0 Å². The van der Waals surface area contributed by atoms with E-state index in [1.807, 2.05) is 0 Å². The van der Waals surface area contributed by atoms with Gasteiger partial charge in [-0.3, -0.25) is 0 Å². The number of aryl methyl sites for hydroxylation is 1. The summed E-state index contributed by atoms with van der Waals surface area (Å²) in [4.78, 5) is 23.6. The van der Waals surface area contributed by atoms with E-state index in [0.717, 1.165) is 5.56 Å². The molecule has 0 saturated heterocycles. The lowest BCUT2D eigenvalue weighted by atomic mass is 10.2. The minimum Gasteiger partial charge on any atom is -0.480 e. The molecule has 3 N–H and O–H groups in total. The van der Waals surface area contributed by atoms with E-state index in [0.29, 0.717) is 12.3 Å². The highest BCUT2D eigenvalue weighted by Gasteiger charge is 2.21. The first-order chi connectivity index (χ1) is 8.45. The summed E-state index contributed by atoms with van der Waals surface area (Å²) < 4.78 is 5.09. The molecule has 1 rings (SSSR count). The van der Waals surface area contributed by atoms with E-state index in [2.05, 4.69) is 5.32 Å². The number of hydrogen-bond donors (Lipinski definition) is 3. The third kappa shape index (κ3) is 3.49. The van der Waals surface area contributed by atoms with Crippen molar-refractivity contribution in [1.29, 1.82) is 0 Å². The number of carboxylic acid groups (broad SMARTS) is 1. The van der Waals surface area contributed by atoms with Gasteiger partial charge in [0.1, 0.15) is 5.76 Å². The van der Waals surface area contributed by atoms with Crippen LogP contribution >= 0.6 is 0 Å². The van der Waals surface area contributed by atoms with Gasteiger partial charge < -0.3 is 24.8 Å². The Kier molecular flexibility index (Phi) is 4.73. The molecule has 100 valence electrons. The van der Waals surface area contributed by atoms with Gasteiger partial charge in [0.25, 0.3) is 0 Å². The number of aliphatic hydroxyl groups is 1. The number of carboxylic acids is 1. The zero-order valence-electron chi connectivity index (χ0n) is 10.2. The molecule has 1 atom stereocenters. The quantitative estimate of drug-likeness (QED) is 0.697. The smallest absolute Gasteiger partial charge is 0.328 e. The zero-order chi connectivity index (χ0) is 13.7. The van der Waals surface area contributed by atoms with Crippen molar-refractivity contribution in [3.8, 4) is 0 Å². The van der Waals surface area contributed by atoms with Gasteiger partial charge >= 0.3 is 12.0 Å². The lowest BCUT2D eigenvalue weighted by Crippen LogP contribution is -2.48. The van der Waals surface area contributed by atoms with Crippen LogP contribution in [0.25, 0.3) is 0 Å². The van der Waals surface area contributed by atoms with Gasteiger partial charge in [0.15, 0.2) is 6.04 Å². The van der Waals surface area contributed by atoms with Crippen LogP contribution in [0.4, 0.5) is 4.79 Å². The lowest BCUT2D eigenvalue weighted by Gasteiger charge is -2.20. The number of carbonyl (C=O) groups excluding carboxylic acids is 1. The van der Waals surface area contributed by atoms with E-state index >= 15 is 0 Å². The first-order valence-corrected chi connectivity index (χ1v) is 5.34. The fraction of sp³-hybridized carbons (Fsp3) is 0.455. The van der Waals surface area contributed by atoms with E-state index in [1.54, 1.807) is 13.0 Å². The maximum atomic E-state index is 11.7. The Hall–Kier alpha value is -2.02. The minimum atomic E-state index is -1.30. The number of aliphatic carboxylic acids is 1. The topological polar surface area (TPSA) is 103 Å². The van der Waals surface area contributed by atoms with E-state index in [9.17, 15) is 9.59 Å². The van der Waals surface area contributed by atoms with Crippen molar-refractivity contribution < 1.29 is 24.2 Å². The Labute approximate surface area is 104 Å². The first kappa shape index (κ1) is 14.0. The number of carbonyl (C=O) groups is 2. The SMILES string of the molecule is Cc1occc1CN(C)C(=O)N[C@@H](CO)C(=O)O. The van der Waals surface area contributed by atoms with Crippen molar-refractivity contribution in [2.75, 3.05) is 13.7 Å². The molecule has 18 heavy (non-hydrogen) atoms. The van der Waals surface area contributed by atoms with Crippen molar-refractivity contribution in [3.05, 3.63) is 23.7 Å². The fourth-order valence-electron chi connectivity index (χ4n) is 1.35. The van der Waals surface area contributed by atoms with Crippen molar-refractivity contribution >= 4 is 12.0 Å². The molecule has 7 heteroatoms. The summed E-state index contributed by atoms with van der Waals surface area (Å²) in [6, 6.07) is -0.137. The number of hydrogen-bond acceptors (Lipinski definition) is 4. The molecular formula is C11H16N2O5. The van der Waals surface area contributed by atoms with Crippen LogP contribution in [0.15, 0.2) is 16.7 Å². The molecule has 1 aromatic heterocycles. The molecule has 2 amide bonds. The van der Waals surface area contributed by atoms with Crippen molar-refractivity contribution in [2.45, 2.75) is 19.5 Å². The summed E-state index contributed by atoms with van der Waals surface area (Å²) in [5.41, 5.74) is 0.837. The van der Waals surface area contributed by atoms with Crippen LogP contribution in [-0.4, -0.2) is 46.8 Å². The molecule has 0 fully saturated rings. The summed E-state index contributed by atoms with van der Waals surface area (Å²) in [5.74, 6) is -0.578.